The molecule has 2 saturated heterocycles. The number of benzene rings is 2. The molecule has 0 saturated carbocycles. The van der Waals surface area contributed by atoms with E-state index in [1.54, 1.807) is 55.1 Å². The summed E-state index contributed by atoms with van der Waals surface area (Å²) >= 11 is 0. The second-order valence-corrected chi connectivity index (χ2v) is 20.7. The Labute approximate surface area is 446 Å². The number of hydrogen-bond acceptors (Lipinski definition) is 17. The number of fused-ring (bicyclic) bond motifs is 2. The van der Waals surface area contributed by atoms with Gasteiger partial charge in [0.1, 0.15) is 55.9 Å². The predicted molar refractivity (Wildman–Crippen MR) is 284 cm³/mol. The van der Waals surface area contributed by atoms with Crippen LogP contribution in [0.1, 0.15) is 87.6 Å². The van der Waals surface area contributed by atoms with Gasteiger partial charge in [0.05, 0.1) is 35.0 Å². The maximum atomic E-state index is 14.0. The third-order valence-electron chi connectivity index (χ3n) is 14.5. The number of rotatable bonds is 14. The van der Waals surface area contributed by atoms with Gasteiger partial charge in [-0.05, 0) is 79.0 Å². The normalized spacial score (nSPS) is 18.5. The van der Waals surface area contributed by atoms with E-state index < -0.39 is 35.8 Å². The van der Waals surface area contributed by atoms with Crippen LogP contribution in [0.2, 0.25) is 0 Å². The predicted octanol–water partition coefficient (Wildman–Crippen LogP) is 6.60. The maximum Gasteiger partial charge on any atom is 0.420 e. The van der Waals surface area contributed by atoms with Gasteiger partial charge in [-0.25, -0.2) is 43.5 Å². The van der Waals surface area contributed by atoms with E-state index >= 15 is 0 Å². The first-order valence-electron chi connectivity index (χ1n) is 25.5. The number of ether oxygens (including phenoxy) is 3. The molecule has 0 aliphatic carbocycles. The standard InChI is InChI=1S/C55H64N14O8/c1-34-16-21-66(46(70)14-19-56)28-44(34)64(6)48-40-17-22-69(50(40)62-32-60-48)54(74)76-31-38-12-13-39(26-59-52(72)77-55(3,4)5)42(24-38)43-27-67(47(71)15-20-57)29-45(35(43)2)65(7)49-41-18-23-68(51(41)63-33-61-49)53(73)75-30-37-10-8-36(25-58)9-11-37/h8-13,17-18,22-24,32-35,43-45H,14-16,21,25-31,58H2,1-7H3,(H,59,72)/t34-,35-,43?,44+,45+/m1/s1. The van der Waals surface area contributed by atoms with Crippen molar-refractivity contribution in [1.29, 1.82) is 10.5 Å². The van der Waals surface area contributed by atoms with Gasteiger partial charge < -0.3 is 44.9 Å². The van der Waals surface area contributed by atoms with Crippen molar-refractivity contribution in [3.63, 3.8) is 0 Å². The number of nitrogens with two attached hydrogens (primary N) is 1. The van der Waals surface area contributed by atoms with Gasteiger partial charge >= 0.3 is 18.3 Å². The zero-order valence-corrected chi connectivity index (χ0v) is 44.4. The van der Waals surface area contributed by atoms with E-state index in [4.69, 9.17) is 25.2 Å². The van der Waals surface area contributed by atoms with E-state index in [1.807, 2.05) is 78.5 Å². The molecule has 3 N–H and O–H groups in total. The molecule has 6 aromatic rings. The molecule has 77 heavy (non-hydrogen) atoms. The lowest BCUT2D eigenvalue weighted by Gasteiger charge is -2.47. The topological polar surface area (TPSA) is 273 Å². The first kappa shape index (κ1) is 54.6. The fourth-order valence-corrected chi connectivity index (χ4v) is 10.3. The summed E-state index contributed by atoms with van der Waals surface area (Å²) in [6.07, 6.45) is 4.17. The van der Waals surface area contributed by atoms with Gasteiger partial charge in [0, 0.05) is 71.7 Å². The number of nitriles is 2. The number of anilines is 2. The number of nitrogens with zero attached hydrogens (tertiary/aromatic N) is 12. The number of likely N-dealkylation sites (tertiary alicyclic amines) is 2. The average Bonchev–Trinajstić information content (AvgIpc) is 4.10. The molecule has 3 amide bonds. The second-order valence-electron chi connectivity index (χ2n) is 20.7. The van der Waals surface area contributed by atoms with Gasteiger partial charge in [0.25, 0.3) is 0 Å². The van der Waals surface area contributed by atoms with Crippen LogP contribution in [0.15, 0.2) is 79.6 Å². The van der Waals surface area contributed by atoms with Crippen LogP contribution in [0.5, 0.6) is 0 Å². The molecule has 0 radical (unpaired) electrons. The number of hydrogen-bond donors (Lipinski definition) is 2. The lowest BCUT2D eigenvalue weighted by Crippen LogP contribution is -2.56. The summed E-state index contributed by atoms with van der Waals surface area (Å²) in [7, 11) is 3.76. The number of likely N-dealkylation sites (N-methyl/N-ethyl adjacent to an activating group) is 2. The van der Waals surface area contributed by atoms with Crippen molar-refractivity contribution >= 4 is 63.8 Å². The minimum absolute atomic E-state index is 0.0323. The second kappa shape index (κ2) is 23.5. The third kappa shape index (κ3) is 12.2. The maximum absolute atomic E-state index is 14.0. The van der Waals surface area contributed by atoms with E-state index in [1.165, 1.54) is 21.8 Å². The van der Waals surface area contributed by atoms with E-state index in [9.17, 15) is 29.2 Å². The highest BCUT2D eigenvalue weighted by molar-refractivity contribution is 5.94. The van der Waals surface area contributed by atoms with Gasteiger partial charge in [0.15, 0.2) is 11.3 Å². The molecule has 5 atom stereocenters. The summed E-state index contributed by atoms with van der Waals surface area (Å²) in [5, 5.41) is 22.9. The van der Waals surface area contributed by atoms with E-state index in [-0.39, 0.29) is 75.4 Å². The molecule has 4 aromatic heterocycles. The smallest absolute Gasteiger partial charge is 0.420 e. The molecule has 1 unspecified atom stereocenters. The SMILES string of the molecule is C[C@@H]1CCN(C(=O)CC#N)C[C@@H]1N(C)c1ncnc2c1ccn2C(=O)OCc1ccc(CNC(=O)OC(C)(C)C)c(C2CN(C(=O)CC#N)C[C@H](N(C)c3ncnc4c3ccn4C(=O)OCc3ccc(CN)cc3)[C@@H]2C)c1. The summed E-state index contributed by atoms with van der Waals surface area (Å²) in [4.78, 5) is 92.5. The Balaban J connectivity index is 1.06. The van der Waals surface area contributed by atoms with Crippen LogP contribution < -0.4 is 20.9 Å². The van der Waals surface area contributed by atoms with Gasteiger partial charge in [-0.3, -0.25) is 9.59 Å². The molecule has 2 fully saturated rings. The summed E-state index contributed by atoms with van der Waals surface area (Å²) in [6, 6.07) is 20.0. The number of piperidine rings is 2. The fraction of sp³-hybridized carbons (Fsp3) is 0.436. The van der Waals surface area contributed by atoms with Crippen molar-refractivity contribution in [3.05, 3.63) is 107 Å². The molecule has 8 rings (SSSR count). The van der Waals surface area contributed by atoms with E-state index in [2.05, 4.69) is 39.1 Å². The Kier molecular flexibility index (Phi) is 16.7. The molecule has 6 heterocycles. The van der Waals surface area contributed by atoms with E-state index in [0.29, 0.717) is 58.9 Å². The largest absolute Gasteiger partial charge is 0.444 e. The summed E-state index contributed by atoms with van der Waals surface area (Å²) in [5.74, 6) is 0.0819. The Hall–Kier alpha value is -8.63. The third-order valence-corrected chi connectivity index (χ3v) is 14.5. The first-order valence-corrected chi connectivity index (χ1v) is 25.5. The van der Waals surface area contributed by atoms with Crippen LogP contribution in [-0.2, 0) is 50.1 Å². The number of amides is 3. The molecular weight excluding hydrogens is 985 g/mol. The van der Waals surface area contributed by atoms with Gasteiger partial charge in [-0.15, -0.1) is 0 Å². The Morgan fingerprint density at radius 2 is 1.26 bits per heavy atom. The number of nitrogens with one attached hydrogen (secondary N) is 1. The minimum Gasteiger partial charge on any atom is -0.444 e. The van der Waals surface area contributed by atoms with Gasteiger partial charge in [-0.2, -0.15) is 10.5 Å². The quantitative estimate of drug-likeness (QED) is 0.109. The van der Waals surface area contributed by atoms with Crippen molar-refractivity contribution in [2.75, 3.05) is 50.1 Å². The number of carbonyl (C=O) groups is 5. The highest BCUT2D eigenvalue weighted by atomic mass is 16.6. The fourth-order valence-electron chi connectivity index (χ4n) is 10.3. The molecule has 22 heteroatoms. The summed E-state index contributed by atoms with van der Waals surface area (Å²) < 4.78 is 19.9. The molecular formula is C55H64N14O8. The molecule has 0 spiro atoms. The van der Waals surface area contributed by atoms with Crippen molar-refractivity contribution in [1.82, 2.24) is 44.2 Å². The number of aromatic nitrogens is 6. The van der Waals surface area contributed by atoms with Crippen LogP contribution in [0, 0.1) is 34.5 Å². The van der Waals surface area contributed by atoms with Crippen LogP contribution >= 0.6 is 0 Å². The highest BCUT2D eigenvalue weighted by Gasteiger charge is 2.41. The molecule has 22 nitrogen and oxygen atoms in total. The van der Waals surface area contributed by atoms with Crippen molar-refractivity contribution in [2.45, 2.75) is 104 Å². The number of alkyl carbamates (subject to hydrolysis) is 1. The highest BCUT2D eigenvalue weighted by Crippen LogP contribution is 2.39. The van der Waals surface area contributed by atoms with Crippen LogP contribution in [-0.4, -0.2) is 127 Å². The molecule has 2 aliphatic heterocycles. The number of carbonyl (C=O) groups excluding carboxylic acids is 5. The molecule has 2 aromatic carbocycles. The lowest BCUT2D eigenvalue weighted by molar-refractivity contribution is -0.132. The zero-order chi connectivity index (χ0) is 55.1. The van der Waals surface area contributed by atoms with Crippen LogP contribution in [0.25, 0.3) is 22.1 Å². The van der Waals surface area contributed by atoms with Crippen LogP contribution in [0.4, 0.5) is 26.0 Å². The summed E-state index contributed by atoms with van der Waals surface area (Å²) in [5.41, 5.74) is 9.50. The monoisotopic (exact) mass is 1050 g/mol. The molecule has 2 aliphatic rings. The van der Waals surface area contributed by atoms with Crippen LogP contribution in [0.3, 0.4) is 0 Å². The van der Waals surface area contributed by atoms with Gasteiger partial charge in [0.2, 0.25) is 11.8 Å². The Bertz CT molecular complexity index is 3250. The van der Waals surface area contributed by atoms with Crippen molar-refractivity contribution < 1.29 is 38.2 Å². The molecule has 0 bridgehead atoms. The lowest BCUT2D eigenvalue weighted by atomic mass is 9.76. The summed E-state index contributed by atoms with van der Waals surface area (Å²) in [6.45, 7) is 11.3. The minimum atomic E-state index is -0.756. The van der Waals surface area contributed by atoms with Crippen molar-refractivity contribution in [3.8, 4) is 12.1 Å². The molecule has 402 valence electrons. The van der Waals surface area contributed by atoms with Gasteiger partial charge in [-0.1, -0.05) is 56.3 Å². The first-order chi connectivity index (χ1) is 36.9. The average molecular weight is 1050 g/mol. The Morgan fingerprint density at radius 1 is 0.727 bits per heavy atom. The van der Waals surface area contributed by atoms with E-state index in [0.717, 1.165) is 28.7 Å². The Morgan fingerprint density at radius 3 is 1.83 bits per heavy atom. The zero-order valence-electron chi connectivity index (χ0n) is 44.4. The van der Waals surface area contributed by atoms with Crippen molar-refractivity contribution in [2.24, 2.45) is 17.6 Å².